The van der Waals surface area contributed by atoms with Crippen molar-refractivity contribution in [2.24, 2.45) is 10.9 Å². The van der Waals surface area contributed by atoms with Crippen molar-refractivity contribution in [3.05, 3.63) is 35.1 Å². The summed E-state index contributed by atoms with van der Waals surface area (Å²) in [6.45, 7) is 8.05. The normalized spacial score (nSPS) is 11.8. The van der Waals surface area contributed by atoms with Crippen LogP contribution in [-0.2, 0) is 6.42 Å². The highest BCUT2D eigenvalue weighted by molar-refractivity contribution is 5.79. The molecule has 3 nitrogen and oxygen atoms in total. The Morgan fingerprint density at radius 2 is 1.95 bits per heavy atom. The van der Waals surface area contributed by atoms with Crippen molar-refractivity contribution in [2.45, 2.75) is 33.6 Å². The third kappa shape index (κ3) is 6.04. The maximum atomic E-state index is 13.0. The Bertz CT molecular complexity index is 441. The smallest absolute Gasteiger partial charge is 0.190 e. The summed E-state index contributed by atoms with van der Waals surface area (Å²) in [4.78, 5) is 4.19. The van der Waals surface area contributed by atoms with Crippen molar-refractivity contribution in [1.29, 1.82) is 0 Å². The van der Waals surface area contributed by atoms with Gasteiger partial charge >= 0.3 is 0 Å². The molecule has 1 aromatic rings. The Morgan fingerprint density at radius 3 is 2.55 bits per heavy atom. The molecule has 1 aromatic carbocycles. The van der Waals surface area contributed by atoms with Crippen LogP contribution in [-0.4, -0.2) is 26.1 Å². The van der Waals surface area contributed by atoms with Gasteiger partial charge in [-0.05, 0) is 48.9 Å². The van der Waals surface area contributed by atoms with Crippen molar-refractivity contribution in [1.82, 2.24) is 10.6 Å². The van der Waals surface area contributed by atoms with E-state index in [1.807, 2.05) is 13.0 Å². The van der Waals surface area contributed by atoms with E-state index in [2.05, 4.69) is 29.5 Å². The number of aryl methyl sites for hydroxylation is 1. The molecule has 0 radical (unpaired) electrons. The number of nitrogens with one attached hydrogen (secondary N) is 2. The number of hydrogen-bond donors (Lipinski definition) is 2. The molecule has 0 atom stereocenters. The highest BCUT2D eigenvalue weighted by atomic mass is 19.1. The Hall–Kier alpha value is -1.58. The largest absolute Gasteiger partial charge is 0.356 e. The first kappa shape index (κ1) is 16.5. The minimum atomic E-state index is -0.176. The second kappa shape index (κ2) is 8.56. The van der Waals surface area contributed by atoms with Gasteiger partial charge in [0.05, 0.1) is 0 Å². The molecule has 2 N–H and O–H groups in total. The molecule has 0 fully saturated rings. The monoisotopic (exact) mass is 279 g/mol. The summed E-state index contributed by atoms with van der Waals surface area (Å²) in [6, 6.07) is 4.93. The topological polar surface area (TPSA) is 36.4 Å². The highest BCUT2D eigenvalue weighted by Gasteiger charge is 2.02. The van der Waals surface area contributed by atoms with Crippen LogP contribution in [0.1, 0.15) is 31.4 Å². The van der Waals surface area contributed by atoms with E-state index in [0.717, 1.165) is 43.0 Å². The van der Waals surface area contributed by atoms with Crippen molar-refractivity contribution in [3.8, 4) is 0 Å². The van der Waals surface area contributed by atoms with E-state index in [1.54, 1.807) is 13.1 Å². The molecule has 0 bridgehead atoms. The summed E-state index contributed by atoms with van der Waals surface area (Å²) >= 11 is 0. The Morgan fingerprint density at radius 1 is 1.25 bits per heavy atom. The summed E-state index contributed by atoms with van der Waals surface area (Å²) < 4.78 is 13.0. The molecule has 0 aliphatic rings. The van der Waals surface area contributed by atoms with Crippen molar-refractivity contribution in [3.63, 3.8) is 0 Å². The molecule has 0 saturated heterocycles. The average Bonchev–Trinajstić information content (AvgIpc) is 2.39. The minimum absolute atomic E-state index is 0.176. The highest BCUT2D eigenvalue weighted by Crippen LogP contribution is 2.10. The van der Waals surface area contributed by atoms with Gasteiger partial charge in [-0.2, -0.15) is 0 Å². The molecule has 20 heavy (non-hydrogen) atoms. The maximum Gasteiger partial charge on any atom is 0.190 e. The SMILES string of the molecule is CN=C(NCCc1ccc(F)cc1C)NCCC(C)C. The number of guanidine groups is 1. The summed E-state index contributed by atoms with van der Waals surface area (Å²) in [5.41, 5.74) is 2.16. The fraction of sp³-hybridized carbons (Fsp3) is 0.562. The first-order valence-corrected chi connectivity index (χ1v) is 7.22. The van der Waals surface area contributed by atoms with E-state index in [0.29, 0.717) is 5.92 Å². The van der Waals surface area contributed by atoms with Crippen molar-refractivity contribution >= 4 is 5.96 Å². The van der Waals surface area contributed by atoms with Crippen LogP contribution >= 0.6 is 0 Å². The van der Waals surface area contributed by atoms with Gasteiger partial charge in [0.1, 0.15) is 5.82 Å². The molecule has 0 saturated carbocycles. The summed E-state index contributed by atoms with van der Waals surface area (Å²) in [5.74, 6) is 1.33. The van der Waals surface area contributed by atoms with Crippen molar-refractivity contribution < 1.29 is 4.39 Å². The molecule has 0 aliphatic carbocycles. The molecule has 0 spiro atoms. The molecule has 0 aromatic heterocycles. The molecule has 0 aliphatic heterocycles. The maximum absolute atomic E-state index is 13.0. The Balaban J connectivity index is 2.34. The molecule has 0 unspecified atom stereocenters. The summed E-state index contributed by atoms with van der Waals surface area (Å²) in [7, 11) is 1.77. The molecular formula is C16H26FN3. The van der Waals surface area contributed by atoms with Gasteiger partial charge in [-0.15, -0.1) is 0 Å². The molecule has 4 heteroatoms. The van der Waals surface area contributed by atoms with Crippen LogP contribution in [0.3, 0.4) is 0 Å². The first-order chi connectivity index (χ1) is 9.52. The van der Waals surface area contributed by atoms with Gasteiger partial charge in [0.25, 0.3) is 0 Å². The second-order valence-corrected chi connectivity index (χ2v) is 5.43. The predicted molar refractivity (Wildman–Crippen MR) is 83.7 cm³/mol. The van der Waals surface area contributed by atoms with Crippen molar-refractivity contribution in [2.75, 3.05) is 20.1 Å². The van der Waals surface area contributed by atoms with Crippen LogP contribution in [0.15, 0.2) is 23.2 Å². The van der Waals surface area contributed by atoms with E-state index < -0.39 is 0 Å². The van der Waals surface area contributed by atoms with E-state index in [4.69, 9.17) is 0 Å². The number of hydrogen-bond acceptors (Lipinski definition) is 1. The minimum Gasteiger partial charge on any atom is -0.356 e. The number of aliphatic imine (C=N–C) groups is 1. The van der Waals surface area contributed by atoms with Gasteiger partial charge < -0.3 is 10.6 Å². The molecule has 0 heterocycles. The standard InChI is InChI=1S/C16H26FN3/c1-12(2)7-9-19-16(18-4)20-10-8-14-5-6-15(17)11-13(14)3/h5-6,11-12H,7-10H2,1-4H3,(H2,18,19,20). The van der Waals surface area contributed by atoms with Crippen LogP contribution in [0.4, 0.5) is 4.39 Å². The average molecular weight is 279 g/mol. The van der Waals surface area contributed by atoms with Gasteiger partial charge in [0.15, 0.2) is 5.96 Å². The predicted octanol–water partition coefficient (Wildman–Crippen LogP) is 2.89. The van der Waals surface area contributed by atoms with E-state index >= 15 is 0 Å². The first-order valence-electron chi connectivity index (χ1n) is 7.22. The van der Waals surface area contributed by atoms with Crippen LogP contribution in [0.25, 0.3) is 0 Å². The lowest BCUT2D eigenvalue weighted by Crippen LogP contribution is -2.39. The van der Waals surface area contributed by atoms with Gasteiger partial charge in [0.2, 0.25) is 0 Å². The number of rotatable bonds is 6. The third-order valence-electron chi connectivity index (χ3n) is 3.23. The number of nitrogens with zero attached hydrogens (tertiary/aromatic N) is 1. The fourth-order valence-electron chi connectivity index (χ4n) is 1.96. The second-order valence-electron chi connectivity index (χ2n) is 5.43. The summed E-state index contributed by atoms with van der Waals surface area (Å²) in [6.07, 6.45) is 1.98. The van der Waals surface area contributed by atoms with E-state index in [-0.39, 0.29) is 5.82 Å². The number of benzene rings is 1. The lowest BCUT2D eigenvalue weighted by molar-refractivity contribution is 0.573. The zero-order valence-electron chi connectivity index (χ0n) is 13.0. The molecule has 112 valence electrons. The fourth-order valence-corrected chi connectivity index (χ4v) is 1.96. The lowest BCUT2D eigenvalue weighted by atomic mass is 10.1. The third-order valence-corrected chi connectivity index (χ3v) is 3.23. The molecule has 1 rings (SSSR count). The van der Waals surface area contributed by atoms with Gasteiger partial charge in [-0.1, -0.05) is 19.9 Å². The van der Waals surface area contributed by atoms with Gasteiger partial charge in [-0.25, -0.2) is 4.39 Å². The lowest BCUT2D eigenvalue weighted by Gasteiger charge is -2.13. The molecular weight excluding hydrogens is 253 g/mol. The number of halogens is 1. The Labute approximate surface area is 121 Å². The Kier molecular flexibility index (Phi) is 7.05. The zero-order valence-corrected chi connectivity index (χ0v) is 13.0. The van der Waals surface area contributed by atoms with Gasteiger partial charge in [-0.3, -0.25) is 4.99 Å². The van der Waals surface area contributed by atoms with E-state index in [1.165, 1.54) is 6.07 Å². The van der Waals surface area contributed by atoms with Crippen LogP contribution in [0.2, 0.25) is 0 Å². The molecule has 0 amide bonds. The van der Waals surface area contributed by atoms with Gasteiger partial charge in [0, 0.05) is 20.1 Å². The zero-order chi connectivity index (χ0) is 15.0. The summed E-state index contributed by atoms with van der Waals surface area (Å²) in [5, 5.41) is 6.57. The van der Waals surface area contributed by atoms with Crippen LogP contribution in [0.5, 0.6) is 0 Å². The van der Waals surface area contributed by atoms with E-state index in [9.17, 15) is 4.39 Å². The quantitative estimate of drug-likeness (QED) is 0.620. The van der Waals surface area contributed by atoms with Crippen LogP contribution in [0, 0.1) is 18.7 Å². The van der Waals surface area contributed by atoms with Crippen LogP contribution < -0.4 is 10.6 Å².